The molecule has 28 heavy (non-hydrogen) atoms. The second-order valence-electron chi connectivity index (χ2n) is 6.33. The molecule has 0 aliphatic heterocycles. The zero-order chi connectivity index (χ0) is 20.1. The highest BCUT2D eigenvalue weighted by atomic mass is 35.5. The van der Waals surface area contributed by atoms with Crippen molar-refractivity contribution in [3.05, 3.63) is 76.2 Å². The van der Waals surface area contributed by atoms with Gasteiger partial charge < -0.3 is 15.4 Å². The van der Waals surface area contributed by atoms with E-state index in [9.17, 15) is 4.79 Å². The monoisotopic (exact) mass is 396 g/mol. The second-order valence-corrected chi connectivity index (χ2v) is 6.74. The molecule has 0 aliphatic carbocycles. The van der Waals surface area contributed by atoms with Crippen molar-refractivity contribution in [3.63, 3.8) is 0 Å². The van der Waals surface area contributed by atoms with Gasteiger partial charge in [0.15, 0.2) is 0 Å². The number of carbonyl (C=O) groups is 1. The zero-order valence-electron chi connectivity index (χ0n) is 15.9. The molecule has 2 aromatic carbocycles. The fraction of sp³-hybridized carbons (Fsp3) is 0.190. The first kappa shape index (κ1) is 19.6. The van der Waals surface area contributed by atoms with Crippen molar-refractivity contribution in [3.8, 4) is 5.75 Å². The maximum atomic E-state index is 12.6. The average molecular weight is 397 g/mol. The Hall–Kier alpha value is -3.12. The Kier molecular flexibility index (Phi) is 6.11. The predicted molar refractivity (Wildman–Crippen MR) is 111 cm³/mol. The molecule has 7 heteroatoms. The SMILES string of the molecule is COc1ccc(NC(=O)c2cc(NCc3cccc(C)c3)nc(C)n2)cc1Cl. The highest BCUT2D eigenvalue weighted by Crippen LogP contribution is 2.27. The molecule has 0 spiro atoms. The Labute approximate surface area is 168 Å². The smallest absolute Gasteiger partial charge is 0.274 e. The van der Waals surface area contributed by atoms with E-state index in [1.165, 1.54) is 12.7 Å². The normalized spacial score (nSPS) is 10.4. The van der Waals surface area contributed by atoms with E-state index in [1.807, 2.05) is 25.1 Å². The van der Waals surface area contributed by atoms with Gasteiger partial charge in [0.2, 0.25) is 0 Å². The number of aromatic nitrogens is 2. The van der Waals surface area contributed by atoms with Gasteiger partial charge in [0, 0.05) is 18.3 Å². The number of methoxy groups -OCH3 is 1. The van der Waals surface area contributed by atoms with Crippen molar-refractivity contribution in [1.29, 1.82) is 0 Å². The fourth-order valence-corrected chi connectivity index (χ4v) is 2.99. The van der Waals surface area contributed by atoms with Crippen LogP contribution in [0.5, 0.6) is 5.75 Å². The van der Waals surface area contributed by atoms with Gasteiger partial charge >= 0.3 is 0 Å². The first-order valence-corrected chi connectivity index (χ1v) is 9.12. The minimum absolute atomic E-state index is 0.270. The van der Waals surface area contributed by atoms with Crippen LogP contribution >= 0.6 is 11.6 Å². The van der Waals surface area contributed by atoms with Crippen LogP contribution in [-0.4, -0.2) is 23.0 Å². The Morgan fingerprint density at radius 2 is 1.93 bits per heavy atom. The van der Waals surface area contributed by atoms with Gasteiger partial charge in [-0.1, -0.05) is 41.4 Å². The van der Waals surface area contributed by atoms with Crippen LogP contribution in [0, 0.1) is 13.8 Å². The van der Waals surface area contributed by atoms with E-state index in [0.717, 1.165) is 5.56 Å². The molecule has 144 valence electrons. The summed E-state index contributed by atoms with van der Waals surface area (Å²) in [6, 6.07) is 14.9. The molecule has 0 saturated heterocycles. The van der Waals surface area contributed by atoms with E-state index in [2.05, 4.69) is 26.7 Å². The number of halogens is 1. The third kappa shape index (κ3) is 4.98. The number of nitrogens with zero attached hydrogens (tertiary/aromatic N) is 2. The van der Waals surface area contributed by atoms with Crippen LogP contribution in [0.15, 0.2) is 48.5 Å². The molecule has 6 nitrogen and oxygen atoms in total. The molecule has 0 saturated carbocycles. The van der Waals surface area contributed by atoms with Crippen molar-refractivity contribution < 1.29 is 9.53 Å². The number of anilines is 2. The number of rotatable bonds is 6. The molecule has 1 heterocycles. The summed E-state index contributed by atoms with van der Waals surface area (Å²) in [7, 11) is 1.54. The van der Waals surface area contributed by atoms with Crippen molar-refractivity contribution in [2.45, 2.75) is 20.4 Å². The maximum absolute atomic E-state index is 12.6. The van der Waals surface area contributed by atoms with Crippen LogP contribution in [0.4, 0.5) is 11.5 Å². The van der Waals surface area contributed by atoms with E-state index in [0.29, 0.717) is 34.6 Å². The maximum Gasteiger partial charge on any atom is 0.274 e. The number of amides is 1. The number of nitrogens with one attached hydrogen (secondary N) is 2. The van der Waals surface area contributed by atoms with Gasteiger partial charge in [-0.2, -0.15) is 0 Å². The molecule has 3 aromatic rings. The summed E-state index contributed by atoms with van der Waals surface area (Å²) < 4.78 is 5.12. The Morgan fingerprint density at radius 1 is 1.11 bits per heavy atom. The summed E-state index contributed by atoms with van der Waals surface area (Å²) in [6.45, 7) is 4.40. The van der Waals surface area contributed by atoms with Gasteiger partial charge in [0.25, 0.3) is 5.91 Å². The molecule has 0 unspecified atom stereocenters. The van der Waals surface area contributed by atoms with E-state index in [-0.39, 0.29) is 11.6 Å². The van der Waals surface area contributed by atoms with E-state index in [1.54, 1.807) is 31.2 Å². The summed E-state index contributed by atoms with van der Waals surface area (Å²) in [4.78, 5) is 21.2. The number of ether oxygens (including phenoxy) is 1. The predicted octanol–water partition coefficient (Wildman–Crippen LogP) is 4.62. The van der Waals surface area contributed by atoms with Gasteiger partial charge in [-0.05, 0) is 37.6 Å². The number of hydrogen-bond acceptors (Lipinski definition) is 5. The summed E-state index contributed by atoms with van der Waals surface area (Å²) in [5.41, 5.74) is 3.15. The molecule has 1 amide bonds. The lowest BCUT2D eigenvalue weighted by molar-refractivity contribution is 0.102. The van der Waals surface area contributed by atoms with E-state index >= 15 is 0 Å². The third-order valence-corrected chi connectivity index (χ3v) is 4.33. The van der Waals surface area contributed by atoms with Crippen molar-refractivity contribution in [1.82, 2.24) is 9.97 Å². The molecular weight excluding hydrogens is 376 g/mol. The molecular formula is C21H21ClN4O2. The van der Waals surface area contributed by atoms with Gasteiger partial charge in [-0.3, -0.25) is 4.79 Å². The minimum atomic E-state index is -0.342. The van der Waals surface area contributed by atoms with Crippen molar-refractivity contribution >= 4 is 29.0 Å². The minimum Gasteiger partial charge on any atom is -0.495 e. The summed E-state index contributed by atoms with van der Waals surface area (Å²) >= 11 is 6.11. The first-order valence-electron chi connectivity index (χ1n) is 8.74. The van der Waals surface area contributed by atoms with Crippen LogP contribution in [-0.2, 0) is 6.54 Å². The molecule has 3 rings (SSSR count). The van der Waals surface area contributed by atoms with E-state index in [4.69, 9.17) is 16.3 Å². The largest absolute Gasteiger partial charge is 0.495 e. The van der Waals surface area contributed by atoms with Crippen molar-refractivity contribution in [2.75, 3.05) is 17.7 Å². The summed E-state index contributed by atoms with van der Waals surface area (Å²) in [5.74, 6) is 1.30. The summed E-state index contributed by atoms with van der Waals surface area (Å²) in [5, 5.41) is 6.45. The highest BCUT2D eigenvalue weighted by Gasteiger charge is 2.12. The molecule has 2 N–H and O–H groups in total. The zero-order valence-corrected chi connectivity index (χ0v) is 16.7. The second kappa shape index (κ2) is 8.71. The van der Waals surface area contributed by atoms with Crippen LogP contribution in [0.2, 0.25) is 5.02 Å². The highest BCUT2D eigenvalue weighted by molar-refractivity contribution is 6.32. The van der Waals surface area contributed by atoms with E-state index < -0.39 is 0 Å². The van der Waals surface area contributed by atoms with Crippen LogP contribution < -0.4 is 15.4 Å². The van der Waals surface area contributed by atoms with Gasteiger partial charge in [0.1, 0.15) is 23.1 Å². The number of hydrogen-bond donors (Lipinski definition) is 2. The Morgan fingerprint density at radius 3 is 2.64 bits per heavy atom. The van der Waals surface area contributed by atoms with Crippen molar-refractivity contribution in [2.24, 2.45) is 0 Å². The van der Waals surface area contributed by atoms with Gasteiger partial charge in [-0.25, -0.2) is 9.97 Å². The quantitative estimate of drug-likeness (QED) is 0.635. The Balaban J connectivity index is 1.73. The molecule has 1 aromatic heterocycles. The molecule has 0 bridgehead atoms. The van der Waals surface area contributed by atoms with Crippen LogP contribution in [0.3, 0.4) is 0 Å². The molecule has 0 radical (unpaired) electrons. The molecule has 0 atom stereocenters. The van der Waals surface area contributed by atoms with Gasteiger partial charge in [-0.15, -0.1) is 0 Å². The number of aryl methyl sites for hydroxylation is 2. The average Bonchev–Trinajstić information content (AvgIpc) is 2.66. The lowest BCUT2D eigenvalue weighted by atomic mass is 10.1. The molecule has 0 aliphatic rings. The topological polar surface area (TPSA) is 76.1 Å². The molecule has 0 fully saturated rings. The Bertz CT molecular complexity index is 1010. The number of carbonyl (C=O) groups excluding carboxylic acids is 1. The van der Waals surface area contributed by atoms with Crippen LogP contribution in [0.1, 0.15) is 27.4 Å². The lowest BCUT2D eigenvalue weighted by Crippen LogP contribution is -2.16. The number of benzene rings is 2. The van der Waals surface area contributed by atoms with Crippen LogP contribution in [0.25, 0.3) is 0 Å². The van der Waals surface area contributed by atoms with Gasteiger partial charge in [0.05, 0.1) is 12.1 Å². The fourth-order valence-electron chi connectivity index (χ4n) is 2.73. The first-order chi connectivity index (χ1) is 13.4. The summed E-state index contributed by atoms with van der Waals surface area (Å²) in [6.07, 6.45) is 0. The third-order valence-electron chi connectivity index (χ3n) is 4.04. The lowest BCUT2D eigenvalue weighted by Gasteiger charge is -2.10. The standard InChI is InChI=1S/C21H21ClN4O2/c1-13-5-4-6-15(9-13)12-23-20-11-18(24-14(2)25-20)21(27)26-16-7-8-19(28-3)17(22)10-16/h4-11H,12H2,1-3H3,(H,26,27)(H,23,24,25).